The highest BCUT2D eigenvalue weighted by Gasteiger charge is 2.30. The lowest BCUT2D eigenvalue weighted by molar-refractivity contribution is -0.142. The van der Waals surface area contributed by atoms with Crippen LogP contribution < -0.4 is 11.1 Å². The molecule has 0 spiro atoms. The number of carbonyl (C=O) groups excluding carboxylic acids is 2. The summed E-state index contributed by atoms with van der Waals surface area (Å²) in [7, 11) is 0. The number of nitrogens with two attached hydrogens (primary N) is 1. The SMILES string of the molecule is CC(C)NCCN(C(=O)Cn1cnc2c(N)ncnc21)[C@H](CO)C(=O)C(C)C. The highest BCUT2D eigenvalue weighted by Crippen LogP contribution is 2.15. The molecule has 2 rings (SSSR count). The zero-order valence-corrected chi connectivity index (χ0v) is 16.8. The van der Waals surface area contributed by atoms with Crippen LogP contribution in [0, 0.1) is 5.92 Å². The van der Waals surface area contributed by atoms with Gasteiger partial charge in [-0.1, -0.05) is 27.7 Å². The number of aliphatic hydroxyl groups is 1. The molecule has 0 saturated carbocycles. The molecule has 2 heterocycles. The molecular formula is C18H29N7O3. The Hall–Kier alpha value is -2.59. The number of carbonyl (C=O) groups is 2. The topological polar surface area (TPSA) is 139 Å². The molecule has 0 aliphatic heterocycles. The van der Waals surface area contributed by atoms with E-state index in [1.165, 1.54) is 17.6 Å². The smallest absolute Gasteiger partial charge is 0.243 e. The number of imidazole rings is 1. The predicted octanol–water partition coefficient (Wildman–Crippen LogP) is -0.179. The van der Waals surface area contributed by atoms with E-state index >= 15 is 0 Å². The number of aliphatic hydroxyl groups excluding tert-OH is 1. The highest BCUT2D eigenvalue weighted by molar-refractivity contribution is 5.91. The summed E-state index contributed by atoms with van der Waals surface area (Å²) < 4.78 is 1.56. The first-order valence-electron chi connectivity index (χ1n) is 9.35. The molecule has 2 aromatic rings. The van der Waals surface area contributed by atoms with E-state index < -0.39 is 12.6 Å². The van der Waals surface area contributed by atoms with Crippen LogP contribution >= 0.6 is 0 Å². The summed E-state index contributed by atoms with van der Waals surface area (Å²) in [6.07, 6.45) is 2.78. The van der Waals surface area contributed by atoms with E-state index in [1.807, 2.05) is 13.8 Å². The number of nitrogens with one attached hydrogen (secondary N) is 1. The van der Waals surface area contributed by atoms with Crippen molar-refractivity contribution < 1.29 is 14.7 Å². The second-order valence-corrected chi connectivity index (χ2v) is 7.25. The Morgan fingerprint density at radius 2 is 1.96 bits per heavy atom. The van der Waals surface area contributed by atoms with Crippen molar-refractivity contribution in [1.29, 1.82) is 0 Å². The minimum atomic E-state index is -0.893. The molecule has 4 N–H and O–H groups in total. The maximum Gasteiger partial charge on any atom is 0.243 e. The summed E-state index contributed by atoms with van der Waals surface area (Å²) in [5.41, 5.74) is 6.65. The number of rotatable bonds is 10. The standard InChI is InChI=1S/C18H29N7O3/c1-11(2)16(28)13(8-26)25(6-5-20-12(3)4)14(27)7-24-10-23-15-17(19)21-9-22-18(15)24/h9-13,20,26H,5-8H2,1-4H3,(H2,19,21,22)/t13-/m1/s1. The maximum atomic E-state index is 13.1. The first-order chi connectivity index (χ1) is 13.3. The van der Waals surface area contributed by atoms with E-state index in [-0.39, 0.29) is 36.0 Å². The van der Waals surface area contributed by atoms with E-state index in [4.69, 9.17) is 5.73 Å². The number of hydrogen-bond acceptors (Lipinski definition) is 8. The van der Waals surface area contributed by atoms with Gasteiger partial charge in [-0.15, -0.1) is 0 Å². The van der Waals surface area contributed by atoms with Crippen LogP contribution in [0.5, 0.6) is 0 Å². The van der Waals surface area contributed by atoms with Crippen LogP contribution in [0.3, 0.4) is 0 Å². The molecule has 0 saturated heterocycles. The normalized spacial score (nSPS) is 12.7. The number of amides is 1. The Kier molecular flexibility index (Phi) is 7.41. The number of nitrogen functional groups attached to an aromatic ring is 1. The summed E-state index contributed by atoms with van der Waals surface area (Å²) in [6, 6.07) is -0.654. The maximum absolute atomic E-state index is 13.1. The second-order valence-electron chi connectivity index (χ2n) is 7.25. The third-order valence-corrected chi connectivity index (χ3v) is 4.41. The zero-order chi connectivity index (χ0) is 20.8. The van der Waals surface area contributed by atoms with Crippen molar-refractivity contribution in [3.8, 4) is 0 Å². The van der Waals surface area contributed by atoms with Gasteiger partial charge in [0.1, 0.15) is 24.4 Å². The van der Waals surface area contributed by atoms with E-state index in [1.54, 1.807) is 18.4 Å². The van der Waals surface area contributed by atoms with Crippen LogP contribution in [0.15, 0.2) is 12.7 Å². The van der Waals surface area contributed by atoms with Crippen LogP contribution in [0.2, 0.25) is 0 Å². The number of ketones is 1. The van der Waals surface area contributed by atoms with Crippen LogP contribution in [0.4, 0.5) is 5.82 Å². The Bertz CT molecular complexity index is 819. The Morgan fingerprint density at radius 3 is 2.57 bits per heavy atom. The molecule has 0 radical (unpaired) electrons. The number of Topliss-reactive ketones (excluding diaryl/α,β-unsaturated/α-hetero) is 1. The lowest BCUT2D eigenvalue weighted by Crippen LogP contribution is -2.52. The Balaban J connectivity index is 2.25. The summed E-state index contributed by atoms with van der Waals surface area (Å²) >= 11 is 0. The fourth-order valence-corrected chi connectivity index (χ4v) is 2.91. The van der Waals surface area contributed by atoms with E-state index in [2.05, 4.69) is 20.3 Å². The van der Waals surface area contributed by atoms with E-state index in [9.17, 15) is 14.7 Å². The minimum Gasteiger partial charge on any atom is -0.394 e. The molecule has 0 fully saturated rings. The van der Waals surface area contributed by atoms with Crippen LogP contribution in [-0.4, -0.2) is 73.0 Å². The third kappa shape index (κ3) is 5.02. The van der Waals surface area contributed by atoms with Gasteiger partial charge in [0.2, 0.25) is 5.91 Å². The molecule has 28 heavy (non-hydrogen) atoms. The molecule has 154 valence electrons. The lowest BCUT2D eigenvalue weighted by Gasteiger charge is -2.31. The third-order valence-electron chi connectivity index (χ3n) is 4.41. The molecule has 2 aromatic heterocycles. The van der Waals surface area contributed by atoms with Crippen molar-refractivity contribution in [3.05, 3.63) is 12.7 Å². The average molecular weight is 391 g/mol. The number of aromatic nitrogens is 4. The molecule has 0 unspecified atom stereocenters. The molecule has 1 amide bonds. The van der Waals surface area contributed by atoms with Gasteiger partial charge < -0.3 is 25.6 Å². The van der Waals surface area contributed by atoms with Gasteiger partial charge in [0, 0.05) is 25.0 Å². The summed E-state index contributed by atoms with van der Waals surface area (Å²) in [5, 5.41) is 13.0. The summed E-state index contributed by atoms with van der Waals surface area (Å²) in [6.45, 7) is 7.80. The molecule has 10 heteroatoms. The minimum absolute atomic E-state index is 0.0729. The van der Waals surface area contributed by atoms with Crippen LogP contribution in [0.25, 0.3) is 11.2 Å². The summed E-state index contributed by atoms with van der Waals surface area (Å²) in [5.74, 6) is -0.554. The highest BCUT2D eigenvalue weighted by atomic mass is 16.3. The van der Waals surface area contributed by atoms with Gasteiger partial charge in [0.05, 0.1) is 12.9 Å². The van der Waals surface area contributed by atoms with Gasteiger partial charge in [0.25, 0.3) is 0 Å². The first-order valence-corrected chi connectivity index (χ1v) is 9.35. The van der Waals surface area contributed by atoms with Crippen molar-refractivity contribution in [2.75, 3.05) is 25.4 Å². The number of hydrogen-bond donors (Lipinski definition) is 3. The van der Waals surface area contributed by atoms with Crippen molar-refractivity contribution in [2.24, 2.45) is 5.92 Å². The van der Waals surface area contributed by atoms with Gasteiger partial charge in [-0.05, 0) is 0 Å². The average Bonchev–Trinajstić information content (AvgIpc) is 3.04. The fourth-order valence-electron chi connectivity index (χ4n) is 2.91. The lowest BCUT2D eigenvalue weighted by atomic mass is 10.0. The number of anilines is 1. The zero-order valence-electron chi connectivity index (χ0n) is 16.8. The predicted molar refractivity (Wildman–Crippen MR) is 105 cm³/mol. The molecule has 10 nitrogen and oxygen atoms in total. The van der Waals surface area contributed by atoms with E-state index in [0.29, 0.717) is 24.3 Å². The van der Waals surface area contributed by atoms with Gasteiger partial charge in [0.15, 0.2) is 17.2 Å². The quantitative estimate of drug-likeness (QED) is 0.507. The number of fused-ring (bicyclic) bond motifs is 1. The molecule has 0 aliphatic carbocycles. The molecule has 0 aliphatic rings. The first kappa shape index (κ1) is 21.7. The largest absolute Gasteiger partial charge is 0.394 e. The van der Waals surface area contributed by atoms with E-state index in [0.717, 1.165) is 0 Å². The van der Waals surface area contributed by atoms with Gasteiger partial charge in [-0.2, -0.15) is 0 Å². The Morgan fingerprint density at radius 1 is 1.25 bits per heavy atom. The molecule has 1 atom stereocenters. The van der Waals surface area contributed by atoms with Crippen molar-refractivity contribution in [3.63, 3.8) is 0 Å². The Labute approximate surface area is 164 Å². The van der Waals surface area contributed by atoms with Crippen LogP contribution in [-0.2, 0) is 16.1 Å². The molecular weight excluding hydrogens is 362 g/mol. The monoisotopic (exact) mass is 391 g/mol. The van der Waals surface area contributed by atoms with Crippen molar-refractivity contribution in [2.45, 2.75) is 46.3 Å². The van der Waals surface area contributed by atoms with Gasteiger partial charge in [-0.25, -0.2) is 15.0 Å². The molecule has 0 aromatic carbocycles. The van der Waals surface area contributed by atoms with Gasteiger partial charge >= 0.3 is 0 Å². The van der Waals surface area contributed by atoms with Gasteiger partial charge in [-0.3, -0.25) is 9.59 Å². The van der Waals surface area contributed by atoms with Crippen molar-refractivity contribution in [1.82, 2.24) is 29.7 Å². The number of nitrogens with zero attached hydrogens (tertiary/aromatic N) is 5. The second kappa shape index (κ2) is 9.56. The summed E-state index contributed by atoms with van der Waals surface area (Å²) in [4.78, 5) is 39.2. The fraction of sp³-hybridized carbons (Fsp3) is 0.611. The molecule has 0 bridgehead atoms. The van der Waals surface area contributed by atoms with Crippen LogP contribution in [0.1, 0.15) is 27.7 Å². The van der Waals surface area contributed by atoms with Crippen molar-refractivity contribution >= 4 is 28.7 Å².